The van der Waals surface area contributed by atoms with Gasteiger partial charge in [0.1, 0.15) is 0 Å². The van der Waals surface area contributed by atoms with Crippen molar-refractivity contribution >= 4 is 11.3 Å². The van der Waals surface area contributed by atoms with E-state index in [-0.39, 0.29) is 0 Å². The van der Waals surface area contributed by atoms with Gasteiger partial charge in [-0.3, -0.25) is 0 Å². The molecular formula is C12H10F3NS. The average molecular weight is 257 g/mol. The van der Waals surface area contributed by atoms with Gasteiger partial charge in [-0.05, 0) is 26.0 Å². The number of aromatic nitrogens is 1. The minimum atomic E-state index is -4.29. The van der Waals surface area contributed by atoms with Crippen LogP contribution in [-0.2, 0) is 6.18 Å². The van der Waals surface area contributed by atoms with E-state index in [1.165, 1.54) is 12.1 Å². The van der Waals surface area contributed by atoms with E-state index in [1.54, 1.807) is 11.3 Å². The summed E-state index contributed by atoms with van der Waals surface area (Å²) in [6, 6.07) is 5.10. The fraction of sp³-hybridized carbons (Fsp3) is 0.250. The van der Waals surface area contributed by atoms with Crippen molar-refractivity contribution in [1.82, 2.24) is 4.98 Å². The highest BCUT2D eigenvalue weighted by molar-refractivity contribution is 7.11. The Bertz CT molecular complexity index is 526. The molecule has 2 aromatic rings. The Labute approximate surface area is 101 Å². The number of nitrogens with zero attached hydrogens (tertiary/aromatic N) is 1. The number of rotatable bonds is 1. The van der Waals surface area contributed by atoms with Crippen molar-refractivity contribution in [2.45, 2.75) is 20.0 Å². The first-order chi connectivity index (χ1) is 7.88. The normalized spacial score (nSPS) is 11.8. The van der Waals surface area contributed by atoms with E-state index in [0.29, 0.717) is 0 Å². The lowest BCUT2D eigenvalue weighted by Crippen LogP contribution is -2.04. The molecule has 1 aromatic carbocycles. The van der Waals surface area contributed by atoms with Gasteiger partial charge in [-0.15, -0.1) is 11.3 Å². The molecule has 0 N–H and O–H groups in total. The molecule has 0 saturated carbocycles. The summed E-state index contributed by atoms with van der Waals surface area (Å²) in [5.41, 5.74) is 0.854. The summed E-state index contributed by atoms with van der Waals surface area (Å²) in [5, 5.41) is 0.914. The van der Waals surface area contributed by atoms with Crippen molar-refractivity contribution in [1.29, 1.82) is 0 Å². The highest BCUT2D eigenvalue weighted by Crippen LogP contribution is 2.32. The maximum atomic E-state index is 12.4. The van der Waals surface area contributed by atoms with E-state index in [0.717, 1.165) is 33.3 Å². The molecule has 1 nitrogen and oxygen atoms in total. The van der Waals surface area contributed by atoms with Crippen LogP contribution in [-0.4, -0.2) is 4.98 Å². The number of thiazole rings is 1. The Morgan fingerprint density at radius 2 is 1.65 bits per heavy atom. The molecule has 1 aromatic heterocycles. The number of alkyl halides is 3. The Hall–Kier alpha value is -1.36. The summed E-state index contributed by atoms with van der Waals surface area (Å²) in [6.45, 7) is 3.79. The predicted molar refractivity (Wildman–Crippen MR) is 62.0 cm³/mol. The molecule has 5 heteroatoms. The van der Waals surface area contributed by atoms with Gasteiger partial charge in [0.15, 0.2) is 0 Å². The number of benzene rings is 1. The first kappa shape index (κ1) is 12.1. The van der Waals surface area contributed by atoms with E-state index >= 15 is 0 Å². The second-order valence-electron chi connectivity index (χ2n) is 3.71. The van der Waals surface area contributed by atoms with Crippen LogP contribution in [0, 0.1) is 13.8 Å². The minimum Gasteiger partial charge on any atom is -0.241 e. The first-order valence-electron chi connectivity index (χ1n) is 4.99. The first-order valence-corrected chi connectivity index (χ1v) is 5.81. The zero-order valence-corrected chi connectivity index (χ0v) is 10.1. The van der Waals surface area contributed by atoms with E-state index in [2.05, 4.69) is 4.98 Å². The lowest BCUT2D eigenvalue weighted by molar-refractivity contribution is -0.137. The second-order valence-corrected chi connectivity index (χ2v) is 5.12. The monoisotopic (exact) mass is 257 g/mol. The van der Waals surface area contributed by atoms with Crippen molar-refractivity contribution in [3.63, 3.8) is 0 Å². The highest BCUT2D eigenvalue weighted by atomic mass is 32.1. The molecule has 0 spiro atoms. The Balaban J connectivity index is 2.39. The van der Waals surface area contributed by atoms with Crippen LogP contribution in [0.5, 0.6) is 0 Å². The summed E-state index contributed by atoms with van der Waals surface area (Å²) >= 11 is 1.54. The van der Waals surface area contributed by atoms with Gasteiger partial charge < -0.3 is 0 Å². The van der Waals surface area contributed by atoms with Crippen LogP contribution in [0.4, 0.5) is 13.2 Å². The number of halogens is 3. The molecule has 90 valence electrons. The number of hydrogen-bond acceptors (Lipinski definition) is 2. The molecule has 0 radical (unpaired) electrons. The Kier molecular flexibility index (Phi) is 2.95. The third-order valence-corrected chi connectivity index (χ3v) is 3.28. The SMILES string of the molecule is Cc1nc(-c2ccc(C(F)(F)F)cc2)c(C)s1. The summed E-state index contributed by atoms with van der Waals surface area (Å²) < 4.78 is 37.2. The van der Waals surface area contributed by atoms with E-state index < -0.39 is 11.7 Å². The third kappa shape index (κ3) is 2.49. The molecule has 0 aliphatic carbocycles. The topological polar surface area (TPSA) is 12.9 Å². The minimum absolute atomic E-state index is 0.633. The molecule has 0 saturated heterocycles. The van der Waals surface area contributed by atoms with Crippen LogP contribution in [0.25, 0.3) is 11.3 Å². The van der Waals surface area contributed by atoms with Gasteiger partial charge in [-0.2, -0.15) is 13.2 Å². The summed E-state index contributed by atoms with van der Waals surface area (Å²) in [5.74, 6) is 0. The van der Waals surface area contributed by atoms with Gasteiger partial charge in [-0.1, -0.05) is 12.1 Å². The quantitative estimate of drug-likeness (QED) is 0.735. The van der Waals surface area contributed by atoms with Gasteiger partial charge in [0.2, 0.25) is 0 Å². The molecular weight excluding hydrogens is 247 g/mol. The van der Waals surface area contributed by atoms with Crippen LogP contribution in [0.1, 0.15) is 15.4 Å². The van der Waals surface area contributed by atoms with Crippen molar-refractivity contribution in [3.8, 4) is 11.3 Å². The van der Waals surface area contributed by atoms with Crippen molar-refractivity contribution < 1.29 is 13.2 Å². The predicted octanol–water partition coefficient (Wildman–Crippen LogP) is 4.45. The van der Waals surface area contributed by atoms with Crippen LogP contribution in [0.3, 0.4) is 0 Å². The van der Waals surface area contributed by atoms with E-state index in [1.807, 2.05) is 13.8 Å². The summed E-state index contributed by atoms with van der Waals surface area (Å²) in [4.78, 5) is 5.33. The Morgan fingerprint density at radius 3 is 2.06 bits per heavy atom. The third-order valence-electron chi connectivity index (χ3n) is 2.39. The van der Waals surface area contributed by atoms with Gasteiger partial charge >= 0.3 is 6.18 Å². The molecule has 0 aliphatic rings. The zero-order valence-electron chi connectivity index (χ0n) is 9.30. The summed E-state index contributed by atoms with van der Waals surface area (Å²) in [6.07, 6.45) is -4.29. The van der Waals surface area contributed by atoms with Gasteiger partial charge in [0, 0.05) is 10.4 Å². The molecule has 0 aliphatic heterocycles. The molecule has 2 rings (SSSR count). The maximum Gasteiger partial charge on any atom is 0.416 e. The van der Waals surface area contributed by atoms with Gasteiger partial charge in [0.05, 0.1) is 16.3 Å². The second kappa shape index (κ2) is 4.14. The lowest BCUT2D eigenvalue weighted by Gasteiger charge is -2.06. The van der Waals surface area contributed by atoms with E-state index in [4.69, 9.17) is 0 Å². The van der Waals surface area contributed by atoms with Crippen LogP contribution in [0.2, 0.25) is 0 Å². The smallest absolute Gasteiger partial charge is 0.241 e. The van der Waals surface area contributed by atoms with Crippen LogP contribution >= 0.6 is 11.3 Å². The largest absolute Gasteiger partial charge is 0.416 e. The Morgan fingerprint density at radius 1 is 1.06 bits per heavy atom. The van der Waals surface area contributed by atoms with Crippen LogP contribution in [0.15, 0.2) is 24.3 Å². The van der Waals surface area contributed by atoms with Crippen molar-refractivity contribution in [2.24, 2.45) is 0 Å². The molecule has 0 atom stereocenters. The molecule has 1 heterocycles. The highest BCUT2D eigenvalue weighted by Gasteiger charge is 2.30. The van der Waals surface area contributed by atoms with Crippen LogP contribution < -0.4 is 0 Å². The van der Waals surface area contributed by atoms with Crippen molar-refractivity contribution in [2.75, 3.05) is 0 Å². The van der Waals surface area contributed by atoms with Crippen molar-refractivity contribution in [3.05, 3.63) is 39.7 Å². The summed E-state index contributed by atoms with van der Waals surface area (Å²) in [7, 11) is 0. The van der Waals surface area contributed by atoms with Gasteiger partial charge in [0.25, 0.3) is 0 Å². The zero-order chi connectivity index (χ0) is 12.6. The molecule has 0 fully saturated rings. The number of aryl methyl sites for hydroxylation is 2. The maximum absolute atomic E-state index is 12.4. The van der Waals surface area contributed by atoms with Gasteiger partial charge in [-0.25, -0.2) is 4.98 Å². The average Bonchev–Trinajstić information content (AvgIpc) is 2.57. The molecule has 17 heavy (non-hydrogen) atoms. The fourth-order valence-electron chi connectivity index (χ4n) is 1.61. The number of hydrogen-bond donors (Lipinski definition) is 0. The molecule has 0 unspecified atom stereocenters. The molecule has 0 bridgehead atoms. The fourth-order valence-corrected chi connectivity index (χ4v) is 2.45. The molecule has 0 amide bonds. The lowest BCUT2D eigenvalue weighted by atomic mass is 10.1. The van der Waals surface area contributed by atoms with E-state index in [9.17, 15) is 13.2 Å². The standard InChI is InChI=1S/C12H10F3NS/c1-7-11(16-8(2)17-7)9-3-5-10(6-4-9)12(13,14)15/h3-6H,1-2H3.